The molecule has 2 aliphatic rings. The van der Waals surface area contributed by atoms with Crippen LogP contribution in [0.4, 0.5) is 0 Å². The minimum absolute atomic E-state index is 0.670. The van der Waals surface area contributed by atoms with Crippen LogP contribution in [0.25, 0.3) is 0 Å². The predicted molar refractivity (Wildman–Crippen MR) is 81.9 cm³/mol. The van der Waals surface area contributed by atoms with Crippen LogP contribution in [0.15, 0.2) is 22.7 Å². The van der Waals surface area contributed by atoms with E-state index in [0.29, 0.717) is 11.6 Å². The van der Waals surface area contributed by atoms with E-state index in [0.717, 1.165) is 34.6 Å². The highest BCUT2D eigenvalue weighted by molar-refractivity contribution is 9.10. The summed E-state index contributed by atoms with van der Waals surface area (Å²) < 4.78 is 6.74. The van der Waals surface area contributed by atoms with Crippen molar-refractivity contribution in [1.82, 2.24) is 5.32 Å². The fourth-order valence-electron chi connectivity index (χ4n) is 2.60. The molecule has 0 radical (unpaired) electrons. The van der Waals surface area contributed by atoms with Gasteiger partial charge in [-0.1, -0.05) is 27.5 Å². The standard InChI is InChI=1S/C15H19BrClNO/c16-12-5-6-13(17)14(9-12)19-8-7-18-15(10-1-2-10)11-3-4-11/h5-6,9-11,15,18H,1-4,7-8H2. The molecule has 0 unspecified atom stereocenters. The highest BCUT2D eigenvalue weighted by atomic mass is 79.9. The summed E-state index contributed by atoms with van der Waals surface area (Å²) in [7, 11) is 0. The Labute approximate surface area is 128 Å². The van der Waals surface area contributed by atoms with Gasteiger partial charge >= 0.3 is 0 Å². The molecule has 2 saturated carbocycles. The molecule has 19 heavy (non-hydrogen) atoms. The number of hydrogen-bond donors (Lipinski definition) is 1. The van der Waals surface area contributed by atoms with Crippen molar-refractivity contribution < 1.29 is 4.74 Å². The number of halogens is 2. The highest BCUT2D eigenvalue weighted by Crippen LogP contribution is 2.44. The molecular weight excluding hydrogens is 326 g/mol. The van der Waals surface area contributed by atoms with Gasteiger partial charge in [-0.2, -0.15) is 0 Å². The molecule has 2 aliphatic carbocycles. The van der Waals surface area contributed by atoms with Crippen LogP contribution in [0.3, 0.4) is 0 Å². The molecule has 2 fully saturated rings. The molecule has 0 aliphatic heterocycles. The third-order valence-corrected chi connectivity index (χ3v) is 4.70. The van der Waals surface area contributed by atoms with E-state index >= 15 is 0 Å². The third-order valence-electron chi connectivity index (χ3n) is 3.89. The van der Waals surface area contributed by atoms with E-state index in [4.69, 9.17) is 16.3 Å². The first-order chi connectivity index (χ1) is 9.24. The van der Waals surface area contributed by atoms with Gasteiger partial charge in [-0.15, -0.1) is 0 Å². The number of hydrogen-bond acceptors (Lipinski definition) is 2. The minimum atomic E-state index is 0.670. The largest absolute Gasteiger partial charge is 0.491 e. The van der Waals surface area contributed by atoms with E-state index in [2.05, 4.69) is 21.2 Å². The van der Waals surface area contributed by atoms with E-state index in [-0.39, 0.29) is 0 Å². The summed E-state index contributed by atoms with van der Waals surface area (Å²) in [4.78, 5) is 0. The third kappa shape index (κ3) is 3.87. The summed E-state index contributed by atoms with van der Waals surface area (Å²) in [6, 6.07) is 6.43. The summed E-state index contributed by atoms with van der Waals surface area (Å²) in [6.45, 7) is 1.58. The molecule has 2 nitrogen and oxygen atoms in total. The Morgan fingerprint density at radius 3 is 2.58 bits per heavy atom. The first kappa shape index (κ1) is 13.7. The van der Waals surface area contributed by atoms with Crippen LogP contribution in [0.2, 0.25) is 5.02 Å². The smallest absolute Gasteiger partial charge is 0.139 e. The van der Waals surface area contributed by atoms with Crippen molar-refractivity contribution in [3.05, 3.63) is 27.7 Å². The van der Waals surface area contributed by atoms with Crippen molar-refractivity contribution in [2.24, 2.45) is 11.8 Å². The average molecular weight is 345 g/mol. The van der Waals surface area contributed by atoms with E-state index in [9.17, 15) is 0 Å². The van der Waals surface area contributed by atoms with Crippen molar-refractivity contribution in [2.45, 2.75) is 31.7 Å². The SMILES string of the molecule is Clc1ccc(Br)cc1OCCNC(C1CC1)C1CC1. The highest BCUT2D eigenvalue weighted by Gasteiger charge is 2.40. The van der Waals surface area contributed by atoms with Gasteiger partial charge in [0.1, 0.15) is 12.4 Å². The zero-order chi connectivity index (χ0) is 13.2. The predicted octanol–water partition coefficient (Wildman–Crippen LogP) is 4.26. The van der Waals surface area contributed by atoms with Crippen LogP contribution in [0.5, 0.6) is 5.75 Å². The summed E-state index contributed by atoms with van der Waals surface area (Å²) in [5.41, 5.74) is 0. The molecular formula is C15H19BrClNO. The van der Waals surface area contributed by atoms with E-state index in [1.807, 2.05) is 18.2 Å². The second kappa shape index (κ2) is 6.02. The van der Waals surface area contributed by atoms with Crippen LogP contribution < -0.4 is 10.1 Å². The molecule has 104 valence electrons. The molecule has 0 atom stereocenters. The van der Waals surface area contributed by atoms with Gasteiger partial charge in [0, 0.05) is 17.1 Å². The summed E-state index contributed by atoms with van der Waals surface area (Å²) in [5, 5.41) is 4.34. The lowest BCUT2D eigenvalue weighted by atomic mass is 10.1. The van der Waals surface area contributed by atoms with Crippen LogP contribution in [-0.2, 0) is 0 Å². The maximum Gasteiger partial charge on any atom is 0.139 e. The Bertz CT molecular complexity index is 434. The number of ether oxygens (including phenoxy) is 1. The topological polar surface area (TPSA) is 21.3 Å². The molecule has 1 aromatic carbocycles. The summed E-state index contributed by atoms with van der Waals surface area (Å²) in [6.07, 6.45) is 5.64. The van der Waals surface area contributed by atoms with E-state index in [1.165, 1.54) is 25.7 Å². The Hall–Kier alpha value is -0.250. The van der Waals surface area contributed by atoms with Gasteiger partial charge in [-0.25, -0.2) is 0 Å². The van der Waals surface area contributed by atoms with Crippen LogP contribution >= 0.6 is 27.5 Å². The van der Waals surface area contributed by atoms with Crippen LogP contribution in [0.1, 0.15) is 25.7 Å². The Morgan fingerprint density at radius 2 is 1.95 bits per heavy atom. The molecule has 1 aromatic rings. The lowest BCUT2D eigenvalue weighted by Gasteiger charge is -2.18. The molecule has 0 saturated heterocycles. The first-order valence-electron chi connectivity index (χ1n) is 7.05. The minimum Gasteiger partial charge on any atom is -0.491 e. The second-order valence-electron chi connectivity index (χ2n) is 5.58. The zero-order valence-electron chi connectivity index (χ0n) is 10.9. The van der Waals surface area contributed by atoms with Gasteiger partial charge in [0.2, 0.25) is 0 Å². The molecule has 0 amide bonds. The normalized spacial score (nSPS) is 18.9. The quantitative estimate of drug-likeness (QED) is 0.746. The lowest BCUT2D eigenvalue weighted by molar-refractivity contribution is 0.293. The molecule has 3 rings (SSSR count). The van der Waals surface area contributed by atoms with Crippen molar-refractivity contribution >= 4 is 27.5 Å². The van der Waals surface area contributed by atoms with Gasteiger partial charge < -0.3 is 10.1 Å². The maximum atomic E-state index is 6.09. The molecule has 0 spiro atoms. The van der Waals surface area contributed by atoms with Crippen molar-refractivity contribution in [2.75, 3.05) is 13.2 Å². The lowest BCUT2D eigenvalue weighted by Crippen LogP contribution is -2.36. The fourth-order valence-corrected chi connectivity index (χ4v) is 3.12. The molecule has 1 N–H and O–H groups in total. The molecule has 4 heteroatoms. The first-order valence-corrected chi connectivity index (χ1v) is 8.22. The average Bonchev–Trinajstić information content (AvgIpc) is 3.26. The van der Waals surface area contributed by atoms with Gasteiger partial charge in [0.25, 0.3) is 0 Å². The Balaban J connectivity index is 1.43. The Morgan fingerprint density at radius 1 is 1.26 bits per heavy atom. The van der Waals surface area contributed by atoms with E-state index < -0.39 is 0 Å². The summed E-state index contributed by atoms with van der Waals surface area (Å²) >= 11 is 9.52. The summed E-state index contributed by atoms with van der Waals surface area (Å²) in [5.74, 6) is 2.62. The van der Waals surface area contributed by atoms with Gasteiger partial charge in [-0.3, -0.25) is 0 Å². The van der Waals surface area contributed by atoms with Crippen molar-refractivity contribution in [3.8, 4) is 5.75 Å². The number of rotatable bonds is 7. The fraction of sp³-hybridized carbons (Fsp3) is 0.600. The van der Waals surface area contributed by atoms with Crippen molar-refractivity contribution in [3.63, 3.8) is 0 Å². The number of nitrogens with one attached hydrogen (secondary N) is 1. The van der Waals surface area contributed by atoms with Gasteiger partial charge in [-0.05, 0) is 55.7 Å². The van der Waals surface area contributed by atoms with E-state index in [1.54, 1.807) is 0 Å². The maximum absolute atomic E-state index is 6.09. The molecule has 0 heterocycles. The zero-order valence-corrected chi connectivity index (χ0v) is 13.2. The van der Waals surface area contributed by atoms with Crippen LogP contribution in [0, 0.1) is 11.8 Å². The van der Waals surface area contributed by atoms with Gasteiger partial charge in [0.05, 0.1) is 5.02 Å². The number of benzene rings is 1. The molecule has 0 bridgehead atoms. The van der Waals surface area contributed by atoms with Crippen molar-refractivity contribution in [1.29, 1.82) is 0 Å². The Kier molecular flexibility index (Phi) is 4.35. The van der Waals surface area contributed by atoms with Gasteiger partial charge in [0.15, 0.2) is 0 Å². The monoisotopic (exact) mass is 343 g/mol. The second-order valence-corrected chi connectivity index (χ2v) is 6.90. The molecule has 0 aromatic heterocycles. The van der Waals surface area contributed by atoms with Crippen LogP contribution in [-0.4, -0.2) is 19.2 Å².